The molecule has 1 aromatic carbocycles. The Morgan fingerprint density at radius 2 is 2.00 bits per heavy atom. The van der Waals surface area contributed by atoms with Crippen molar-refractivity contribution in [1.29, 1.82) is 0 Å². The van der Waals surface area contributed by atoms with Crippen LogP contribution in [0.4, 0.5) is 4.39 Å². The van der Waals surface area contributed by atoms with Crippen molar-refractivity contribution in [2.75, 3.05) is 26.8 Å². The minimum atomic E-state index is -0.424. The zero-order valence-electron chi connectivity index (χ0n) is 13.2. The normalized spacial score (nSPS) is 10.2. The zero-order chi connectivity index (χ0) is 16.7. The second kappa shape index (κ2) is 8.12. The fourth-order valence-electron chi connectivity index (χ4n) is 1.97. The molecule has 0 unspecified atom stereocenters. The monoisotopic (exact) mass is 318 g/mol. The van der Waals surface area contributed by atoms with E-state index in [4.69, 9.17) is 9.47 Å². The number of aromatic nitrogens is 1. The van der Waals surface area contributed by atoms with Gasteiger partial charge in [0.15, 0.2) is 11.6 Å². The molecule has 0 fully saturated rings. The molecule has 2 rings (SSSR count). The summed E-state index contributed by atoms with van der Waals surface area (Å²) in [6, 6.07) is 9.50. The maximum absolute atomic E-state index is 13.4. The lowest BCUT2D eigenvalue weighted by Gasteiger charge is -2.18. The van der Waals surface area contributed by atoms with E-state index >= 15 is 0 Å². The minimum absolute atomic E-state index is 0.171. The molecule has 0 bridgehead atoms. The minimum Gasteiger partial charge on any atom is -0.489 e. The Balaban J connectivity index is 1.94. The number of ether oxygens (including phenoxy) is 2. The fraction of sp³-hybridized carbons (Fsp3) is 0.294. The number of para-hydroxylation sites is 1. The van der Waals surface area contributed by atoms with E-state index in [1.807, 2.05) is 6.92 Å². The van der Waals surface area contributed by atoms with Crippen LogP contribution in [0.15, 0.2) is 42.6 Å². The summed E-state index contributed by atoms with van der Waals surface area (Å²) in [6.45, 7) is 2.76. The van der Waals surface area contributed by atoms with Gasteiger partial charge in [0.2, 0.25) is 5.88 Å². The lowest BCUT2D eigenvalue weighted by atomic mass is 10.2. The SMILES string of the molecule is CCOc1ncccc1C(=O)N(C)CCOc1ccccc1F. The molecule has 0 aliphatic rings. The summed E-state index contributed by atoms with van der Waals surface area (Å²) in [5.41, 5.74) is 0.391. The van der Waals surface area contributed by atoms with Gasteiger partial charge in [-0.25, -0.2) is 9.37 Å². The average Bonchev–Trinajstić information content (AvgIpc) is 2.56. The molecule has 6 heteroatoms. The smallest absolute Gasteiger partial charge is 0.259 e. The van der Waals surface area contributed by atoms with Crippen LogP contribution in [-0.4, -0.2) is 42.6 Å². The van der Waals surface area contributed by atoms with Crippen LogP contribution in [0.2, 0.25) is 0 Å². The first-order valence-corrected chi connectivity index (χ1v) is 7.34. The highest BCUT2D eigenvalue weighted by atomic mass is 19.1. The predicted octanol–water partition coefficient (Wildman–Crippen LogP) is 2.77. The van der Waals surface area contributed by atoms with Gasteiger partial charge in [0.1, 0.15) is 12.2 Å². The van der Waals surface area contributed by atoms with Gasteiger partial charge in [0.05, 0.1) is 13.2 Å². The highest BCUT2D eigenvalue weighted by Gasteiger charge is 2.17. The lowest BCUT2D eigenvalue weighted by molar-refractivity contribution is 0.0768. The van der Waals surface area contributed by atoms with E-state index in [1.165, 1.54) is 11.0 Å². The first-order chi connectivity index (χ1) is 11.1. The third-order valence-electron chi connectivity index (χ3n) is 3.15. The van der Waals surface area contributed by atoms with E-state index in [2.05, 4.69) is 4.98 Å². The largest absolute Gasteiger partial charge is 0.489 e. The molecular weight excluding hydrogens is 299 g/mol. The Kier molecular flexibility index (Phi) is 5.91. The topological polar surface area (TPSA) is 51.7 Å². The Morgan fingerprint density at radius 3 is 2.74 bits per heavy atom. The summed E-state index contributed by atoms with van der Waals surface area (Å²) in [5.74, 6) is -0.169. The van der Waals surface area contributed by atoms with Gasteiger partial charge in [-0.15, -0.1) is 0 Å². The number of hydrogen-bond donors (Lipinski definition) is 0. The second-order valence-corrected chi connectivity index (χ2v) is 4.79. The maximum Gasteiger partial charge on any atom is 0.259 e. The van der Waals surface area contributed by atoms with E-state index in [1.54, 1.807) is 43.6 Å². The number of carbonyl (C=O) groups excluding carboxylic acids is 1. The van der Waals surface area contributed by atoms with Crippen LogP contribution in [0.1, 0.15) is 17.3 Å². The molecular formula is C17H19FN2O3. The molecule has 0 N–H and O–H groups in total. The van der Waals surface area contributed by atoms with Crippen LogP contribution >= 0.6 is 0 Å². The van der Waals surface area contributed by atoms with Crippen molar-refractivity contribution in [3.05, 3.63) is 54.0 Å². The van der Waals surface area contributed by atoms with Crippen LogP contribution in [0.3, 0.4) is 0 Å². The van der Waals surface area contributed by atoms with Gasteiger partial charge in [-0.1, -0.05) is 12.1 Å². The van der Waals surface area contributed by atoms with Crippen molar-refractivity contribution in [3.63, 3.8) is 0 Å². The van der Waals surface area contributed by atoms with Gasteiger partial charge >= 0.3 is 0 Å². The van der Waals surface area contributed by atoms with Crippen molar-refractivity contribution < 1.29 is 18.7 Å². The molecule has 0 spiro atoms. The number of hydrogen-bond acceptors (Lipinski definition) is 4. The Morgan fingerprint density at radius 1 is 1.22 bits per heavy atom. The lowest BCUT2D eigenvalue weighted by Crippen LogP contribution is -2.31. The summed E-state index contributed by atoms with van der Waals surface area (Å²) in [7, 11) is 1.65. The van der Waals surface area contributed by atoms with E-state index < -0.39 is 5.82 Å². The predicted molar refractivity (Wildman–Crippen MR) is 84.3 cm³/mol. The molecule has 0 atom stereocenters. The Labute approximate surface area is 134 Å². The van der Waals surface area contributed by atoms with Crippen molar-refractivity contribution in [1.82, 2.24) is 9.88 Å². The molecule has 1 amide bonds. The summed E-state index contributed by atoms with van der Waals surface area (Å²) in [4.78, 5) is 18.0. The second-order valence-electron chi connectivity index (χ2n) is 4.79. The molecule has 0 saturated carbocycles. The highest BCUT2D eigenvalue weighted by Crippen LogP contribution is 2.17. The van der Waals surface area contributed by atoms with Crippen molar-refractivity contribution in [2.24, 2.45) is 0 Å². The number of carbonyl (C=O) groups is 1. The number of amides is 1. The van der Waals surface area contributed by atoms with Gasteiger partial charge in [0, 0.05) is 13.2 Å². The fourth-order valence-corrected chi connectivity index (χ4v) is 1.97. The van der Waals surface area contributed by atoms with Crippen molar-refractivity contribution in [3.8, 4) is 11.6 Å². The third-order valence-corrected chi connectivity index (χ3v) is 3.15. The van der Waals surface area contributed by atoms with Crippen molar-refractivity contribution in [2.45, 2.75) is 6.92 Å². The van der Waals surface area contributed by atoms with Crippen LogP contribution in [0.25, 0.3) is 0 Å². The number of likely N-dealkylation sites (N-methyl/N-ethyl adjacent to an activating group) is 1. The molecule has 0 aliphatic carbocycles. The molecule has 1 aromatic heterocycles. The molecule has 23 heavy (non-hydrogen) atoms. The van der Waals surface area contributed by atoms with Crippen LogP contribution in [0.5, 0.6) is 11.6 Å². The van der Waals surface area contributed by atoms with Crippen LogP contribution in [0, 0.1) is 5.82 Å². The summed E-state index contributed by atoms with van der Waals surface area (Å²) < 4.78 is 24.2. The number of nitrogens with zero attached hydrogens (tertiary/aromatic N) is 2. The number of pyridine rings is 1. The van der Waals surface area contributed by atoms with Crippen LogP contribution in [-0.2, 0) is 0 Å². The highest BCUT2D eigenvalue weighted by molar-refractivity contribution is 5.96. The van der Waals surface area contributed by atoms with E-state index in [0.29, 0.717) is 24.6 Å². The molecule has 1 heterocycles. The van der Waals surface area contributed by atoms with Gasteiger partial charge in [-0.2, -0.15) is 0 Å². The van der Waals surface area contributed by atoms with Gasteiger partial charge < -0.3 is 14.4 Å². The number of rotatable bonds is 7. The van der Waals surface area contributed by atoms with E-state index in [9.17, 15) is 9.18 Å². The Hall–Kier alpha value is -2.63. The molecule has 0 radical (unpaired) electrons. The first-order valence-electron chi connectivity index (χ1n) is 7.34. The number of halogens is 1. The summed E-state index contributed by atoms with van der Waals surface area (Å²) in [5, 5.41) is 0. The summed E-state index contributed by atoms with van der Waals surface area (Å²) in [6.07, 6.45) is 1.57. The average molecular weight is 318 g/mol. The van der Waals surface area contributed by atoms with Crippen LogP contribution < -0.4 is 9.47 Å². The molecule has 2 aromatic rings. The van der Waals surface area contributed by atoms with Gasteiger partial charge in [-0.05, 0) is 31.2 Å². The maximum atomic E-state index is 13.4. The quantitative estimate of drug-likeness (QED) is 0.788. The molecule has 0 aliphatic heterocycles. The van der Waals surface area contributed by atoms with E-state index in [-0.39, 0.29) is 18.3 Å². The standard InChI is InChI=1S/C17H19FN2O3/c1-3-22-16-13(7-6-10-19-16)17(21)20(2)11-12-23-15-9-5-4-8-14(15)18/h4-10H,3,11-12H2,1-2H3. The van der Waals surface area contributed by atoms with Gasteiger partial charge in [0.25, 0.3) is 5.91 Å². The van der Waals surface area contributed by atoms with E-state index in [0.717, 1.165) is 0 Å². The molecule has 122 valence electrons. The summed E-state index contributed by atoms with van der Waals surface area (Å²) >= 11 is 0. The van der Waals surface area contributed by atoms with Gasteiger partial charge in [-0.3, -0.25) is 4.79 Å². The Bertz CT molecular complexity index is 664. The third kappa shape index (κ3) is 4.42. The zero-order valence-corrected chi connectivity index (χ0v) is 13.2. The number of benzene rings is 1. The molecule has 0 saturated heterocycles. The molecule has 5 nitrogen and oxygen atoms in total. The first kappa shape index (κ1) is 16.7. The van der Waals surface area contributed by atoms with Crippen molar-refractivity contribution >= 4 is 5.91 Å².